The van der Waals surface area contributed by atoms with E-state index in [1.165, 1.54) is 7.11 Å². The van der Waals surface area contributed by atoms with E-state index < -0.39 is 15.9 Å². The highest BCUT2D eigenvalue weighted by molar-refractivity contribution is 7.80. The SMILES string of the molecule is COc1ccccc1C(=O)NC(NC(=S)Nc1ccc(Cl)c(Cl)c1)C(Cl)(Cl)Cl. The van der Waals surface area contributed by atoms with Crippen LogP contribution in [-0.2, 0) is 0 Å². The average Bonchev–Trinajstić information content (AvgIpc) is 2.63. The van der Waals surface area contributed by atoms with Crippen LogP contribution < -0.4 is 20.7 Å². The molecule has 28 heavy (non-hydrogen) atoms. The van der Waals surface area contributed by atoms with Gasteiger partial charge in [-0.3, -0.25) is 4.79 Å². The summed E-state index contributed by atoms with van der Waals surface area (Å²) in [5, 5.41) is 9.05. The number of thiocarbonyl (C=S) groups is 1. The highest BCUT2D eigenvalue weighted by Crippen LogP contribution is 2.30. The first-order chi connectivity index (χ1) is 13.1. The van der Waals surface area contributed by atoms with Gasteiger partial charge in [0.15, 0.2) is 5.11 Å². The van der Waals surface area contributed by atoms with Crippen molar-refractivity contribution < 1.29 is 9.53 Å². The normalized spacial score (nSPS) is 12.1. The number of halogens is 5. The monoisotopic (exact) mass is 499 g/mol. The van der Waals surface area contributed by atoms with Gasteiger partial charge < -0.3 is 20.7 Å². The first-order valence-electron chi connectivity index (χ1n) is 7.65. The van der Waals surface area contributed by atoms with Gasteiger partial charge in [-0.05, 0) is 42.5 Å². The van der Waals surface area contributed by atoms with Gasteiger partial charge in [-0.25, -0.2) is 0 Å². The van der Waals surface area contributed by atoms with E-state index in [-0.39, 0.29) is 10.7 Å². The van der Waals surface area contributed by atoms with Crippen LogP contribution in [0.25, 0.3) is 0 Å². The molecule has 2 aromatic carbocycles. The molecule has 0 heterocycles. The molecule has 0 saturated carbocycles. The first-order valence-corrected chi connectivity index (χ1v) is 9.95. The van der Waals surface area contributed by atoms with Crippen LogP contribution in [0.4, 0.5) is 5.69 Å². The van der Waals surface area contributed by atoms with Crippen LogP contribution in [-0.4, -0.2) is 28.1 Å². The van der Waals surface area contributed by atoms with Crippen LogP contribution in [0.15, 0.2) is 42.5 Å². The number of anilines is 1. The summed E-state index contributed by atoms with van der Waals surface area (Å²) in [6.45, 7) is 0. The number of hydrogen-bond acceptors (Lipinski definition) is 3. The number of methoxy groups -OCH3 is 1. The molecule has 0 aliphatic heterocycles. The van der Waals surface area contributed by atoms with E-state index in [0.29, 0.717) is 21.5 Å². The minimum Gasteiger partial charge on any atom is -0.496 e. The van der Waals surface area contributed by atoms with E-state index in [1.807, 2.05) is 0 Å². The summed E-state index contributed by atoms with van der Waals surface area (Å²) in [6, 6.07) is 11.5. The number of amides is 1. The maximum Gasteiger partial charge on any atom is 0.256 e. The van der Waals surface area contributed by atoms with E-state index in [1.54, 1.807) is 42.5 Å². The molecule has 150 valence electrons. The third-order valence-electron chi connectivity index (χ3n) is 3.41. The van der Waals surface area contributed by atoms with Gasteiger partial charge >= 0.3 is 0 Å². The number of ether oxygens (including phenoxy) is 1. The quantitative estimate of drug-likeness (QED) is 0.290. The number of hydrogen-bond donors (Lipinski definition) is 3. The van der Waals surface area contributed by atoms with Gasteiger partial charge in [0.05, 0.1) is 22.7 Å². The number of rotatable bonds is 5. The van der Waals surface area contributed by atoms with Crippen molar-refractivity contribution in [2.75, 3.05) is 12.4 Å². The molecule has 1 atom stereocenters. The van der Waals surface area contributed by atoms with Gasteiger partial charge in [0, 0.05) is 5.69 Å². The van der Waals surface area contributed by atoms with Gasteiger partial charge in [-0.2, -0.15) is 0 Å². The van der Waals surface area contributed by atoms with Gasteiger partial charge in [0.1, 0.15) is 11.9 Å². The van der Waals surface area contributed by atoms with Gasteiger partial charge in [-0.1, -0.05) is 70.1 Å². The molecule has 0 saturated heterocycles. The van der Waals surface area contributed by atoms with Gasteiger partial charge in [-0.15, -0.1) is 0 Å². The summed E-state index contributed by atoms with van der Waals surface area (Å²) in [5.74, 6) is -0.141. The fourth-order valence-electron chi connectivity index (χ4n) is 2.11. The minimum atomic E-state index is -1.90. The third-order valence-corrected chi connectivity index (χ3v) is 5.02. The predicted molar refractivity (Wildman–Crippen MR) is 120 cm³/mol. The molecule has 5 nitrogen and oxygen atoms in total. The Balaban J connectivity index is 2.12. The Labute approximate surface area is 192 Å². The molecule has 2 rings (SSSR count). The molecule has 0 fully saturated rings. The Hall–Kier alpha value is -1.15. The van der Waals surface area contributed by atoms with Crippen LogP contribution in [0.5, 0.6) is 5.75 Å². The lowest BCUT2D eigenvalue weighted by atomic mass is 10.2. The molecule has 2 aromatic rings. The van der Waals surface area contributed by atoms with Crippen molar-refractivity contribution in [3.63, 3.8) is 0 Å². The summed E-state index contributed by atoms with van der Waals surface area (Å²) >= 11 is 35.1. The van der Waals surface area contributed by atoms with Crippen molar-refractivity contribution in [1.82, 2.24) is 10.6 Å². The maximum absolute atomic E-state index is 12.6. The van der Waals surface area contributed by atoms with Gasteiger partial charge in [0.25, 0.3) is 5.91 Å². The second-order valence-corrected chi connectivity index (χ2v) is 8.97. The summed E-state index contributed by atoms with van der Waals surface area (Å²) in [6.07, 6.45) is -1.14. The molecule has 11 heteroatoms. The lowest BCUT2D eigenvalue weighted by molar-refractivity contribution is 0.0931. The highest BCUT2D eigenvalue weighted by atomic mass is 35.6. The molecule has 0 aromatic heterocycles. The highest BCUT2D eigenvalue weighted by Gasteiger charge is 2.35. The van der Waals surface area contributed by atoms with E-state index in [2.05, 4.69) is 16.0 Å². The van der Waals surface area contributed by atoms with Crippen LogP contribution >= 0.6 is 70.2 Å². The molecule has 1 amide bonds. The van der Waals surface area contributed by atoms with Crippen LogP contribution in [0.1, 0.15) is 10.4 Å². The standard InChI is InChI=1S/C17H14Cl5N3O2S/c1-27-13-5-3-2-4-10(13)14(26)24-15(17(20,21)22)25-16(28)23-9-6-7-11(18)12(19)8-9/h2-8,15H,1H3,(H,24,26)(H2,23,25,28). The largest absolute Gasteiger partial charge is 0.496 e. The minimum absolute atomic E-state index is 0.0926. The Morgan fingerprint density at radius 3 is 2.36 bits per heavy atom. The van der Waals surface area contributed by atoms with Crippen molar-refractivity contribution in [3.05, 3.63) is 58.1 Å². The summed E-state index contributed by atoms with van der Waals surface area (Å²) in [7, 11) is 1.45. The van der Waals surface area contributed by atoms with E-state index in [4.69, 9.17) is 75.0 Å². The maximum atomic E-state index is 12.6. The summed E-state index contributed by atoms with van der Waals surface area (Å²) in [4.78, 5) is 12.6. The number of carbonyl (C=O) groups is 1. The smallest absolute Gasteiger partial charge is 0.256 e. The summed E-state index contributed by atoms with van der Waals surface area (Å²) < 4.78 is 3.27. The van der Waals surface area contributed by atoms with Crippen molar-refractivity contribution in [2.24, 2.45) is 0 Å². The second kappa shape index (κ2) is 10.1. The molecule has 1 unspecified atom stereocenters. The molecule has 3 N–H and O–H groups in total. The zero-order valence-corrected chi connectivity index (χ0v) is 18.8. The topological polar surface area (TPSA) is 62.4 Å². The van der Waals surface area contributed by atoms with E-state index >= 15 is 0 Å². The Morgan fingerprint density at radius 2 is 1.75 bits per heavy atom. The predicted octanol–water partition coefficient (Wildman–Crippen LogP) is 5.41. The molecular weight excluding hydrogens is 488 g/mol. The third kappa shape index (κ3) is 6.44. The molecule has 0 bridgehead atoms. The van der Waals surface area contributed by atoms with E-state index in [0.717, 1.165) is 0 Å². The number of alkyl halides is 3. The van der Waals surface area contributed by atoms with Crippen LogP contribution in [0.2, 0.25) is 10.0 Å². The number of carbonyl (C=O) groups excluding carboxylic acids is 1. The fourth-order valence-corrected chi connectivity index (χ4v) is 2.97. The zero-order chi connectivity index (χ0) is 20.9. The number of benzene rings is 2. The van der Waals surface area contributed by atoms with Crippen molar-refractivity contribution in [1.29, 1.82) is 0 Å². The zero-order valence-electron chi connectivity index (χ0n) is 14.2. The van der Waals surface area contributed by atoms with Crippen LogP contribution in [0.3, 0.4) is 0 Å². The lowest BCUT2D eigenvalue weighted by Gasteiger charge is -2.28. The van der Waals surface area contributed by atoms with Crippen molar-refractivity contribution in [2.45, 2.75) is 9.96 Å². The Morgan fingerprint density at radius 1 is 1.07 bits per heavy atom. The molecular formula is C17H14Cl5N3O2S. The Bertz CT molecular complexity index is 876. The second-order valence-electron chi connectivity index (χ2n) is 5.38. The molecule has 0 aliphatic rings. The fraction of sp³-hybridized carbons (Fsp3) is 0.176. The molecule has 0 spiro atoms. The van der Waals surface area contributed by atoms with Crippen molar-refractivity contribution in [3.8, 4) is 5.75 Å². The van der Waals surface area contributed by atoms with Crippen molar-refractivity contribution >= 4 is 86.9 Å². The molecule has 0 radical (unpaired) electrons. The summed E-state index contributed by atoms with van der Waals surface area (Å²) in [5.41, 5.74) is 0.834. The Kier molecular flexibility index (Phi) is 8.30. The van der Waals surface area contributed by atoms with Crippen LogP contribution in [0, 0.1) is 0 Å². The molecule has 0 aliphatic carbocycles. The first kappa shape index (κ1) is 23.1. The average molecular weight is 502 g/mol. The number of para-hydroxylation sites is 1. The number of nitrogens with one attached hydrogen (secondary N) is 3. The lowest BCUT2D eigenvalue weighted by Crippen LogP contribution is -2.56. The van der Waals surface area contributed by atoms with E-state index in [9.17, 15) is 4.79 Å². The van der Waals surface area contributed by atoms with Gasteiger partial charge in [0.2, 0.25) is 3.79 Å².